The van der Waals surface area contributed by atoms with Crippen molar-refractivity contribution in [1.29, 1.82) is 0 Å². The maximum atomic E-state index is 5.40. The SMILES string of the molecule is COc1ccccc1C(C)NCc1ccc(Br)c(Br)c1. The van der Waals surface area contributed by atoms with E-state index in [1.54, 1.807) is 7.11 Å². The van der Waals surface area contributed by atoms with Gasteiger partial charge in [0.15, 0.2) is 0 Å². The van der Waals surface area contributed by atoms with Crippen LogP contribution in [0.25, 0.3) is 0 Å². The van der Waals surface area contributed by atoms with Crippen molar-refractivity contribution in [3.63, 3.8) is 0 Å². The van der Waals surface area contributed by atoms with Gasteiger partial charge < -0.3 is 10.1 Å². The summed E-state index contributed by atoms with van der Waals surface area (Å²) in [5.74, 6) is 0.921. The first-order chi connectivity index (χ1) is 9.61. The normalized spacial score (nSPS) is 12.2. The van der Waals surface area contributed by atoms with Crippen molar-refractivity contribution in [3.8, 4) is 5.75 Å². The molecule has 2 nitrogen and oxygen atoms in total. The van der Waals surface area contributed by atoms with Crippen LogP contribution in [-0.4, -0.2) is 7.11 Å². The summed E-state index contributed by atoms with van der Waals surface area (Å²) in [5, 5.41) is 3.52. The van der Waals surface area contributed by atoms with Crippen LogP contribution in [0.15, 0.2) is 51.4 Å². The zero-order chi connectivity index (χ0) is 14.5. The number of methoxy groups -OCH3 is 1. The lowest BCUT2D eigenvalue weighted by Crippen LogP contribution is -2.18. The molecule has 0 spiro atoms. The molecule has 2 rings (SSSR count). The van der Waals surface area contributed by atoms with Gasteiger partial charge >= 0.3 is 0 Å². The Morgan fingerprint density at radius 3 is 2.55 bits per heavy atom. The topological polar surface area (TPSA) is 21.3 Å². The Balaban J connectivity index is 2.04. The predicted molar refractivity (Wildman–Crippen MR) is 90.1 cm³/mol. The molecule has 0 bridgehead atoms. The number of nitrogens with one attached hydrogen (secondary N) is 1. The lowest BCUT2D eigenvalue weighted by atomic mass is 10.1. The average Bonchev–Trinajstić information content (AvgIpc) is 2.48. The molecule has 0 radical (unpaired) electrons. The molecule has 2 aromatic rings. The first-order valence-corrected chi connectivity index (χ1v) is 8.00. The van der Waals surface area contributed by atoms with Crippen molar-refractivity contribution in [2.24, 2.45) is 0 Å². The van der Waals surface area contributed by atoms with Crippen LogP contribution in [0.2, 0.25) is 0 Å². The van der Waals surface area contributed by atoms with E-state index < -0.39 is 0 Å². The highest BCUT2D eigenvalue weighted by atomic mass is 79.9. The minimum absolute atomic E-state index is 0.230. The standard InChI is InChI=1S/C16H17Br2NO/c1-11(13-5-3-4-6-16(13)20-2)19-10-12-7-8-14(17)15(18)9-12/h3-9,11,19H,10H2,1-2H3. The summed E-state index contributed by atoms with van der Waals surface area (Å²) in [5.41, 5.74) is 2.41. The summed E-state index contributed by atoms with van der Waals surface area (Å²) in [4.78, 5) is 0. The molecular formula is C16H17Br2NO. The maximum Gasteiger partial charge on any atom is 0.123 e. The summed E-state index contributed by atoms with van der Waals surface area (Å²) < 4.78 is 7.54. The third kappa shape index (κ3) is 3.84. The van der Waals surface area contributed by atoms with Crippen molar-refractivity contribution in [3.05, 3.63) is 62.5 Å². The van der Waals surface area contributed by atoms with E-state index in [9.17, 15) is 0 Å². The van der Waals surface area contributed by atoms with Crippen LogP contribution in [0, 0.1) is 0 Å². The Kier molecular flexibility index (Phi) is 5.64. The third-order valence-electron chi connectivity index (χ3n) is 3.20. The largest absolute Gasteiger partial charge is 0.496 e. The summed E-state index contributed by atoms with van der Waals surface area (Å²) in [6, 6.07) is 14.6. The minimum Gasteiger partial charge on any atom is -0.496 e. The molecule has 0 aliphatic heterocycles. The Morgan fingerprint density at radius 2 is 1.85 bits per heavy atom. The van der Waals surface area contributed by atoms with Gasteiger partial charge in [-0.2, -0.15) is 0 Å². The van der Waals surface area contributed by atoms with E-state index >= 15 is 0 Å². The lowest BCUT2D eigenvalue weighted by molar-refractivity contribution is 0.401. The Labute approximate surface area is 136 Å². The molecule has 1 N–H and O–H groups in total. The number of hydrogen-bond acceptors (Lipinski definition) is 2. The van der Waals surface area contributed by atoms with E-state index in [4.69, 9.17) is 4.74 Å². The Morgan fingerprint density at radius 1 is 1.10 bits per heavy atom. The first kappa shape index (κ1) is 15.5. The fraction of sp³-hybridized carbons (Fsp3) is 0.250. The van der Waals surface area contributed by atoms with Crippen LogP contribution < -0.4 is 10.1 Å². The van der Waals surface area contributed by atoms with Gasteiger partial charge in [-0.05, 0) is 62.5 Å². The van der Waals surface area contributed by atoms with Gasteiger partial charge in [-0.25, -0.2) is 0 Å². The summed E-state index contributed by atoms with van der Waals surface area (Å²) in [7, 11) is 1.71. The minimum atomic E-state index is 0.230. The number of rotatable bonds is 5. The number of ether oxygens (including phenoxy) is 1. The van der Waals surface area contributed by atoms with Crippen molar-refractivity contribution in [2.45, 2.75) is 19.5 Å². The molecule has 4 heteroatoms. The molecule has 0 aliphatic rings. The van der Waals surface area contributed by atoms with Crippen molar-refractivity contribution in [1.82, 2.24) is 5.32 Å². The van der Waals surface area contributed by atoms with Crippen LogP contribution in [-0.2, 0) is 6.54 Å². The lowest BCUT2D eigenvalue weighted by Gasteiger charge is -2.17. The monoisotopic (exact) mass is 397 g/mol. The molecule has 0 fully saturated rings. The fourth-order valence-electron chi connectivity index (χ4n) is 2.05. The van der Waals surface area contributed by atoms with Gasteiger partial charge in [-0.3, -0.25) is 0 Å². The van der Waals surface area contributed by atoms with Gasteiger partial charge in [0.1, 0.15) is 5.75 Å². The molecule has 0 amide bonds. The summed E-state index contributed by atoms with van der Waals surface area (Å²) in [6.45, 7) is 2.96. The molecule has 1 unspecified atom stereocenters. The molecule has 1 atom stereocenters. The predicted octanol–water partition coefficient (Wildman–Crippen LogP) is 5.07. The molecule has 0 saturated heterocycles. The van der Waals surface area contributed by atoms with Gasteiger partial charge in [0.2, 0.25) is 0 Å². The molecule has 2 aromatic carbocycles. The second-order valence-corrected chi connectivity index (χ2v) is 6.30. The second kappa shape index (κ2) is 7.25. The fourth-order valence-corrected chi connectivity index (χ4v) is 2.73. The zero-order valence-electron chi connectivity index (χ0n) is 11.5. The molecule has 0 aliphatic carbocycles. The van der Waals surface area contributed by atoms with Crippen LogP contribution >= 0.6 is 31.9 Å². The van der Waals surface area contributed by atoms with Crippen molar-refractivity contribution >= 4 is 31.9 Å². The van der Waals surface area contributed by atoms with Crippen molar-refractivity contribution < 1.29 is 4.74 Å². The number of halogens is 2. The molecule has 0 aromatic heterocycles. The molecule has 0 heterocycles. The van der Waals surface area contributed by atoms with Crippen LogP contribution in [0.5, 0.6) is 5.75 Å². The maximum absolute atomic E-state index is 5.40. The van der Waals surface area contributed by atoms with Gasteiger partial charge in [-0.15, -0.1) is 0 Å². The summed E-state index contributed by atoms with van der Waals surface area (Å²) in [6.07, 6.45) is 0. The molecule has 0 saturated carbocycles. The number of benzene rings is 2. The zero-order valence-corrected chi connectivity index (χ0v) is 14.7. The average molecular weight is 399 g/mol. The number of hydrogen-bond donors (Lipinski definition) is 1. The van der Waals surface area contributed by atoms with E-state index in [0.29, 0.717) is 0 Å². The van der Waals surface area contributed by atoms with Crippen LogP contribution in [0.1, 0.15) is 24.1 Å². The molecular weight excluding hydrogens is 382 g/mol. The smallest absolute Gasteiger partial charge is 0.123 e. The first-order valence-electron chi connectivity index (χ1n) is 6.42. The van der Waals surface area contributed by atoms with Gasteiger partial charge in [0.25, 0.3) is 0 Å². The summed E-state index contributed by atoms with van der Waals surface area (Å²) >= 11 is 7.01. The second-order valence-electron chi connectivity index (χ2n) is 4.59. The Bertz CT molecular complexity index is 586. The van der Waals surface area contributed by atoms with Crippen molar-refractivity contribution in [2.75, 3.05) is 7.11 Å². The number of para-hydroxylation sites is 1. The van der Waals surface area contributed by atoms with E-state index in [1.807, 2.05) is 18.2 Å². The quantitative estimate of drug-likeness (QED) is 0.758. The van der Waals surface area contributed by atoms with Gasteiger partial charge in [0.05, 0.1) is 7.11 Å². The van der Waals surface area contributed by atoms with Gasteiger partial charge in [0, 0.05) is 27.1 Å². The van der Waals surface area contributed by atoms with E-state index in [2.05, 4.69) is 68.4 Å². The van der Waals surface area contributed by atoms with Gasteiger partial charge in [-0.1, -0.05) is 24.3 Å². The molecule has 20 heavy (non-hydrogen) atoms. The highest BCUT2D eigenvalue weighted by Gasteiger charge is 2.10. The third-order valence-corrected chi connectivity index (χ3v) is 5.08. The van der Waals surface area contributed by atoms with Crippen LogP contribution in [0.4, 0.5) is 0 Å². The van der Waals surface area contributed by atoms with E-state index in [1.165, 1.54) is 11.1 Å². The van der Waals surface area contributed by atoms with E-state index in [0.717, 1.165) is 21.2 Å². The molecule has 106 valence electrons. The van der Waals surface area contributed by atoms with E-state index in [-0.39, 0.29) is 6.04 Å². The Hall–Kier alpha value is -0.840. The van der Waals surface area contributed by atoms with Crippen LogP contribution in [0.3, 0.4) is 0 Å². The highest BCUT2D eigenvalue weighted by molar-refractivity contribution is 9.13. The highest BCUT2D eigenvalue weighted by Crippen LogP contribution is 2.26.